The molecule has 1 atom stereocenters. The van der Waals surface area contributed by atoms with Crippen LogP contribution in [-0.4, -0.2) is 6.43 Å². The molecule has 0 bridgehead atoms. The highest BCUT2D eigenvalue weighted by Crippen LogP contribution is 2.25. The number of benzene rings is 1. The van der Waals surface area contributed by atoms with Gasteiger partial charge in [-0.1, -0.05) is 23.7 Å². The number of alkyl halides is 2. The molecule has 1 aromatic rings. The smallest absolute Gasteiger partial charge is 0.240 e. The van der Waals surface area contributed by atoms with E-state index in [1.807, 2.05) is 0 Å². The summed E-state index contributed by atoms with van der Waals surface area (Å²) in [7, 11) is 0. The van der Waals surface area contributed by atoms with Gasteiger partial charge in [-0.3, -0.25) is 0 Å². The first-order chi connectivity index (χ1) is 6.52. The molecule has 1 aromatic carbocycles. The molecule has 0 aliphatic carbocycles. The van der Waals surface area contributed by atoms with Crippen LogP contribution in [0.2, 0.25) is 5.02 Å². The zero-order valence-corrected chi connectivity index (χ0v) is 9.16. The molecule has 0 heterocycles. The highest BCUT2D eigenvalue weighted by molar-refractivity contribution is 6.30. The molecular weight excluding hydrogens is 250 g/mol. The molecule has 86 valence electrons. The van der Waals surface area contributed by atoms with Gasteiger partial charge >= 0.3 is 0 Å². The molecule has 0 spiro atoms. The highest BCUT2D eigenvalue weighted by atomic mass is 35.5. The first kappa shape index (κ1) is 14.6. The highest BCUT2D eigenvalue weighted by Gasteiger charge is 2.17. The van der Waals surface area contributed by atoms with E-state index in [0.717, 1.165) is 0 Å². The fraction of sp³-hybridized carbons (Fsp3) is 0.333. The van der Waals surface area contributed by atoms with Crippen LogP contribution in [0.4, 0.5) is 13.2 Å². The predicted molar refractivity (Wildman–Crippen MR) is 56.2 cm³/mol. The second-order valence-corrected chi connectivity index (χ2v) is 3.28. The second-order valence-electron chi connectivity index (χ2n) is 2.88. The molecule has 1 rings (SSSR count). The van der Waals surface area contributed by atoms with E-state index in [2.05, 4.69) is 0 Å². The maximum Gasteiger partial charge on any atom is 0.240 e. The van der Waals surface area contributed by atoms with E-state index >= 15 is 0 Å². The van der Waals surface area contributed by atoms with Gasteiger partial charge in [-0.2, -0.15) is 0 Å². The molecule has 6 heteroatoms. The zero-order valence-electron chi connectivity index (χ0n) is 7.59. The number of rotatable bonds is 3. The van der Waals surface area contributed by atoms with Gasteiger partial charge in [-0.25, -0.2) is 13.2 Å². The summed E-state index contributed by atoms with van der Waals surface area (Å²) in [5, 5.41) is -0.104. The lowest BCUT2D eigenvalue weighted by Crippen LogP contribution is -2.15. The minimum Gasteiger partial charge on any atom is -0.324 e. The summed E-state index contributed by atoms with van der Waals surface area (Å²) in [4.78, 5) is 0. The number of halogens is 5. The van der Waals surface area contributed by atoms with Gasteiger partial charge in [0.15, 0.2) is 0 Å². The van der Waals surface area contributed by atoms with Gasteiger partial charge in [-0.15, -0.1) is 12.4 Å². The molecule has 0 aliphatic rings. The maximum absolute atomic E-state index is 13.2. The summed E-state index contributed by atoms with van der Waals surface area (Å²) in [5.74, 6) is -0.720. The average molecular weight is 260 g/mol. The van der Waals surface area contributed by atoms with Gasteiger partial charge in [0, 0.05) is 18.0 Å². The summed E-state index contributed by atoms with van der Waals surface area (Å²) >= 11 is 5.48. The molecule has 0 saturated heterocycles. The SMILES string of the molecule is Cl.N[C@@H](CC(F)F)c1cccc(Cl)c1F. The Morgan fingerprint density at radius 2 is 1.93 bits per heavy atom. The fourth-order valence-electron chi connectivity index (χ4n) is 1.13. The Balaban J connectivity index is 0.00000196. The Kier molecular flexibility index (Phi) is 6.02. The van der Waals surface area contributed by atoms with Crippen molar-refractivity contribution >= 4 is 24.0 Å². The van der Waals surface area contributed by atoms with Crippen molar-refractivity contribution in [1.29, 1.82) is 0 Å². The van der Waals surface area contributed by atoms with Crippen molar-refractivity contribution in [2.45, 2.75) is 18.9 Å². The first-order valence-electron chi connectivity index (χ1n) is 4.00. The van der Waals surface area contributed by atoms with Crippen LogP contribution in [0, 0.1) is 5.82 Å². The third-order valence-corrected chi connectivity index (χ3v) is 2.10. The van der Waals surface area contributed by atoms with Gasteiger partial charge in [0.25, 0.3) is 0 Å². The average Bonchev–Trinajstić information content (AvgIpc) is 2.08. The third-order valence-electron chi connectivity index (χ3n) is 1.81. The van der Waals surface area contributed by atoms with Crippen molar-refractivity contribution in [2.75, 3.05) is 0 Å². The molecule has 0 saturated carbocycles. The van der Waals surface area contributed by atoms with Crippen LogP contribution in [0.3, 0.4) is 0 Å². The lowest BCUT2D eigenvalue weighted by Gasteiger charge is -2.12. The third kappa shape index (κ3) is 3.89. The van der Waals surface area contributed by atoms with Crippen molar-refractivity contribution in [1.82, 2.24) is 0 Å². The normalized spacial score (nSPS) is 12.4. The Labute approximate surface area is 96.8 Å². The van der Waals surface area contributed by atoms with Crippen LogP contribution in [0.1, 0.15) is 18.0 Å². The van der Waals surface area contributed by atoms with Gasteiger partial charge < -0.3 is 5.73 Å². The lowest BCUT2D eigenvalue weighted by atomic mass is 10.0. The summed E-state index contributed by atoms with van der Waals surface area (Å²) in [6.07, 6.45) is -3.12. The molecule has 0 unspecified atom stereocenters. The van der Waals surface area contributed by atoms with Crippen LogP contribution < -0.4 is 5.73 Å². The van der Waals surface area contributed by atoms with Crippen molar-refractivity contribution in [3.8, 4) is 0 Å². The Morgan fingerprint density at radius 3 is 2.47 bits per heavy atom. The van der Waals surface area contributed by atoms with Gasteiger partial charge in [0.05, 0.1) is 5.02 Å². The minimum atomic E-state index is -2.55. The second kappa shape index (κ2) is 6.20. The van der Waals surface area contributed by atoms with Gasteiger partial charge in [0.2, 0.25) is 6.43 Å². The Bertz CT molecular complexity index is 320. The number of nitrogens with two attached hydrogens (primary N) is 1. The van der Waals surface area contributed by atoms with E-state index in [1.165, 1.54) is 18.2 Å². The van der Waals surface area contributed by atoms with Gasteiger partial charge in [0.1, 0.15) is 5.82 Å². The molecule has 2 N–H and O–H groups in total. The minimum absolute atomic E-state index is 0. The van der Waals surface area contributed by atoms with Crippen LogP contribution >= 0.6 is 24.0 Å². The summed E-state index contributed by atoms with van der Waals surface area (Å²) in [6, 6.07) is 3.16. The summed E-state index contributed by atoms with van der Waals surface area (Å²) in [6.45, 7) is 0. The van der Waals surface area contributed by atoms with Crippen molar-refractivity contribution in [2.24, 2.45) is 5.73 Å². The molecular formula is C9H10Cl2F3N. The van der Waals surface area contributed by atoms with E-state index in [0.29, 0.717) is 0 Å². The molecule has 15 heavy (non-hydrogen) atoms. The van der Waals surface area contributed by atoms with E-state index in [1.54, 1.807) is 0 Å². The molecule has 1 nitrogen and oxygen atoms in total. The monoisotopic (exact) mass is 259 g/mol. The molecule has 0 radical (unpaired) electrons. The lowest BCUT2D eigenvalue weighted by molar-refractivity contribution is 0.128. The van der Waals surface area contributed by atoms with E-state index in [4.69, 9.17) is 17.3 Å². The van der Waals surface area contributed by atoms with Crippen LogP contribution in [-0.2, 0) is 0 Å². The van der Waals surface area contributed by atoms with Crippen LogP contribution in [0.15, 0.2) is 18.2 Å². The predicted octanol–water partition coefficient (Wildman–Crippen LogP) is 3.56. The Morgan fingerprint density at radius 1 is 1.33 bits per heavy atom. The van der Waals surface area contributed by atoms with Crippen LogP contribution in [0.5, 0.6) is 0 Å². The maximum atomic E-state index is 13.2. The van der Waals surface area contributed by atoms with E-state index in [-0.39, 0.29) is 23.0 Å². The first-order valence-corrected chi connectivity index (χ1v) is 4.37. The Hall–Kier alpha value is -0.450. The summed E-state index contributed by atoms with van der Waals surface area (Å²) < 4.78 is 37.2. The van der Waals surface area contributed by atoms with E-state index in [9.17, 15) is 13.2 Å². The number of hydrogen-bond donors (Lipinski definition) is 1. The van der Waals surface area contributed by atoms with E-state index < -0.39 is 24.7 Å². The quantitative estimate of drug-likeness (QED) is 0.883. The number of hydrogen-bond acceptors (Lipinski definition) is 1. The standard InChI is InChI=1S/C9H9ClF3N.ClH/c10-6-3-1-2-5(9(6)13)7(14)4-8(11)12;/h1-3,7-8H,4,14H2;1H/t7-;/m0./s1. The zero-order chi connectivity index (χ0) is 10.7. The molecule has 0 amide bonds. The van der Waals surface area contributed by atoms with Crippen molar-refractivity contribution in [3.63, 3.8) is 0 Å². The topological polar surface area (TPSA) is 26.0 Å². The fourth-order valence-corrected chi connectivity index (χ4v) is 1.31. The van der Waals surface area contributed by atoms with Crippen LogP contribution in [0.25, 0.3) is 0 Å². The molecule has 0 aromatic heterocycles. The van der Waals surface area contributed by atoms with Crippen molar-refractivity contribution < 1.29 is 13.2 Å². The van der Waals surface area contributed by atoms with Gasteiger partial charge in [-0.05, 0) is 6.07 Å². The molecule has 0 aliphatic heterocycles. The largest absolute Gasteiger partial charge is 0.324 e. The summed E-state index contributed by atoms with van der Waals surface area (Å²) in [5.41, 5.74) is 5.41. The van der Waals surface area contributed by atoms with Crippen molar-refractivity contribution in [3.05, 3.63) is 34.6 Å². The molecule has 0 fully saturated rings.